The first-order valence-electron chi connectivity index (χ1n) is 7.87. The van der Waals surface area contributed by atoms with Crippen LogP contribution in [0.3, 0.4) is 0 Å². The van der Waals surface area contributed by atoms with Crippen molar-refractivity contribution in [3.63, 3.8) is 0 Å². The van der Waals surface area contributed by atoms with Gasteiger partial charge < -0.3 is 20.1 Å². The predicted octanol–water partition coefficient (Wildman–Crippen LogP) is 2.05. The minimum atomic E-state index is -0.373. The molecule has 26 heavy (non-hydrogen) atoms. The quantitative estimate of drug-likeness (QED) is 0.771. The molecule has 1 heterocycles. The number of aromatic nitrogens is 1. The number of aryl methyl sites for hydroxylation is 1. The fraction of sp³-hybridized carbons (Fsp3) is 0.222. The first-order chi connectivity index (χ1) is 12.3. The van der Waals surface area contributed by atoms with Crippen LogP contribution in [0.15, 0.2) is 40.9 Å². The average molecular weight is 356 g/mol. The van der Waals surface area contributed by atoms with Gasteiger partial charge in [0, 0.05) is 31.8 Å². The van der Waals surface area contributed by atoms with E-state index in [4.69, 9.17) is 4.52 Å². The van der Waals surface area contributed by atoms with E-state index in [2.05, 4.69) is 15.8 Å². The molecule has 0 saturated carbocycles. The van der Waals surface area contributed by atoms with Crippen molar-refractivity contribution in [1.29, 1.82) is 0 Å². The van der Waals surface area contributed by atoms with E-state index in [1.807, 2.05) is 0 Å². The zero-order chi connectivity index (χ0) is 19.1. The molecule has 0 saturated heterocycles. The SMILES string of the molecule is CC(=O)Nc1ccc(/C=C/C(=O)N(C)CC(=O)Nc2cc(C)on2)cc1. The van der Waals surface area contributed by atoms with E-state index in [1.54, 1.807) is 43.3 Å². The van der Waals surface area contributed by atoms with Crippen LogP contribution in [0, 0.1) is 6.92 Å². The Balaban J connectivity index is 1.86. The maximum Gasteiger partial charge on any atom is 0.246 e. The fourth-order valence-electron chi connectivity index (χ4n) is 2.08. The number of carbonyl (C=O) groups is 3. The highest BCUT2D eigenvalue weighted by molar-refractivity contribution is 5.97. The Labute approximate surface area is 150 Å². The Morgan fingerprint density at radius 3 is 2.46 bits per heavy atom. The molecule has 0 aliphatic rings. The molecule has 1 aromatic carbocycles. The molecule has 136 valence electrons. The van der Waals surface area contributed by atoms with Crippen LogP contribution >= 0.6 is 0 Å². The van der Waals surface area contributed by atoms with E-state index in [0.29, 0.717) is 17.3 Å². The largest absolute Gasteiger partial charge is 0.360 e. The van der Waals surface area contributed by atoms with Crippen LogP contribution < -0.4 is 10.6 Å². The summed E-state index contributed by atoms with van der Waals surface area (Å²) in [6.07, 6.45) is 3.01. The second-order valence-corrected chi connectivity index (χ2v) is 5.70. The molecule has 8 heteroatoms. The predicted molar refractivity (Wildman–Crippen MR) is 97.3 cm³/mol. The summed E-state index contributed by atoms with van der Waals surface area (Å²) < 4.78 is 4.86. The van der Waals surface area contributed by atoms with E-state index in [0.717, 1.165) is 5.56 Å². The third-order valence-electron chi connectivity index (χ3n) is 3.30. The first kappa shape index (κ1) is 18.9. The van der Waals surface area contributed by atoms with Gasteiger partial charge in [-0.25, -0.2) is 0 Å². The van der Waals surface area contributed by atoms with E-state index in [1.165, 1.54) is 24.9 Å². The van der Waals surface area contributed by atoms with Crippen molar-refractivity contribution in [2.45, 2.75) is 13.8 Å². The highest BCUT2D eigenvalue weighted by Crippen LogP contribution is 2.11. The number of nitrogens with zero attached hydrogens (tertiary/aromatic N) is 2. The van der Waals surface area contributed by atoms with Crippen molar-refractivity contribution >= 4 is 35.3 Å². The number of hydrogen-bond acceptors (Lipinski definition) is 5. The molecule has 0 spiro atoms. The molecule has 0 atom stereocenters. The number of carbonyl (C=O) groups excluding carboxylic acids is 3. The Kier molecular flexibility index (Phi) is 6.26. The summed E-state index contributed by atoms with van der Waals surface area (Å²) in [4.78, 5) is 36.2. The van der Waals surface area contributed by atoms with Crippen LogP contribution in [0.2, 0.25) is 0 Å². The molecular weight excluding hydrogens is 336 g/mol. The van der Waals surface area contributed by atoms with Gasteiger partial charge in [0.2, 0.25) is 17.7 Å². The lowest BCUT2D eigenvalue weighted by Gasteiger charge is -2.13. The summed E-state index contributed by atoms with van der Waals surface area (Å²) >= 11 is 0. The molecule has 2 rings (SSSR count). The van der Waals surface area contributed by atoms with Crippen molar-refractivity contribution in [3.05, 3.63) is 47.7 Å². The van der Waals surface area contributed by atoms with E-state index in [-0.39, 0.29) is 24.3 Å². The molecule has 3 amide bonds. The Bertz CT molecular complexity index is 824. The Hall–Kier alpha value is -3.42. The molecule has 2 N–H and O–H groups in total. The lowest BCUT2D eigenvalue weighted by molar-refractivity contribution is -0.129. The van der Waals surface area contributed by atoms with Crippen molar-refractivity contribution in [2.75, 3.05) is 24.2 Å². The molecule has 0 fully saturated rings. The van der Waals surface area contributed by atoms with Crippen LogP contribution in [0.5, 0.6) is 0 Å². The maximum absolute atomic E-state index is 12.1. The van der Waals surface area contributed by atoms with Crippen LogP contribution in [0.1, 0.15) is 18.2 Å². The van der Waals surface area contributed by atoms with Crippen LogP contribution in [-0.4, -0.2) is 41.4 Å². The third-order valence-corrected chi connectivity index (χ3v) is 3.30. The molecule has 0 radical (unpaired) electrons. The number of nitrogens with one attached hydrogen (secondary N) is 2. The average Bonchev–Trinajstić information content (AvgIpc) is 2.98. The van der Waals surface area contributed by atoms with Crippen LogP contribution in [0.4, 0.5) is 11.5 Å². The van der Waals surface area contributed by atoms with Gasteiger partial charge in [0.15, 0.2) is 5.82 Å². The minimum Gasteiger partial charge on any atom is -0.360 e. The second-order valence-electron chi connectivity index (χ2n) is 5.70. The van der Waals surface area contributed by atoms with Crippen LogP contribution in [-0.2, 0) is 14.4 Å². The monoisotopic (exact) mass is 356 g/mol. The minimum absolute atomic E-state index is 0.115. The summed E-state index contributed by atoms with van der Waals surface area (Å²) in [5.74, 6) is 0.0501. The normalized spacial score (nSPS) is 10.6. The van der Waals surface area contributed by atoms with Gasteiger partial charge >= 0.3 is 0 Å². The zero-order valence-corrected chi connectivity index (χ0v) is 14.8. The number of amides is 3. The van der Waals surface area contributed by atoms with Gasteiger partial charge in [-0.15, -0.1) is 0 Å². The lowest BCUT2D eigenvalue weighted by atomic mass is 10.2. The van der Waals surface area contributed by atoms with Gasteiger partial charge in [-0.2, -0.15) is 0 Å². The molecule has 0 bridgehead atoms. The Morgan fingerprint density at radius 2 is 1.88 bits per heavy atom. The zero-order valence-electron chi connectivity index (χ0n) is 14.8. The number of rotatable bonds is 6. The highest BCUT2D eigenvalue weighted by atomic mass is 16.5. The first-order valence-corrected chi connectivity index (χ1v) is 7.87. The molecule has 0 aliphatic carbocycles. The summed E-state index contributed by atoms with van der Waals surface area (Å²) in [5, 5.41) is 8.87. The summed E-state index contributed by atoms with van der Waals surface area (Å²) in [5.41, 5.74) is 1.47. The third kappa shape index (κ3) is 5.90. The molecule has 1 aromatic heterocycles. The maximum atomic E-state index is 12.1. The second kappa shape index (κ2) is 8.61. The summed E-state index contributed by atoms with van der Waals surface area (Å²) in [6, 6.07) is 8.61. The van der Waals surface area contributed by atoms with E-state index >= 15 is 0 Å². The molecule has 0 aliphatic heterocycles. The summed E-state index contributed by atoms with van der Waals surface area (Å²) in [6.45, 7) is 3.03. The molecule has 8 nitrogen and oxygen atoms in total. The number of likely N-dealkylation sites (N-methyl/N-ethyl adjacent to an activating group) is 1. The summed E-state index contributed by atoms with van der Waals surface area (Å²) in [7, 11) is 1.53. The fourth-order valence-corrected chi connectivity index (χ4v) is 2.08. The lowest BCUT2D eigenvalue weighted by Crippen LogP contribution is -2.33. The van der Waals surface area contributed by atoms with Crippen molar-refractivity contribution < 1.29 is 18.9 Å². The van der Waals surface area contributed by atoms with Crippen molar-refractivity contribution in [2.24, 2.45) is 0 Å². The smallest absolute Gasteiger partial charge is 0.246 e. The number of anilines is 2. The van der Waals surface area contributed by atoms with Gasteiger partial charge in [-0.3, -0.25) is 14.4 Å². The van der Waals surface area contributed by atoms with Gasteiger partial charge in [-0.1, -0.05) is 17.3 Å². The molecular formula is C18H20N4O4. The van der Waals surface area contributed by atoms with E-state index < -0.39 is 0 Å². The van der Waals surface area contributed by atoms with Crippen LogP contribution in [0.25, 0.3) is 6.08 Å². The highest BCUT2D eigenvalue weighted by Gasteiger charge is 2.12. The van der Waals surface area contributed by atoms with Gasteiger partial charge in [0.1, 0.15) is 5.76 Å². The van der Waals surface area contributed by atoms with Gasteiger partial charge in [0.25, 0.3) is 0 Å². The number of benzene rings is 1. The molecule has 2 aromatic rings. The number of hydrogen-bond donors (Lipinski definition) is 2. The molecule has 0 unspecified atom stereocenters. The van der Waals surface area contributed by atoms with Gasteiger partial charge in [-0.05, 0) is 30.7 Å². The topological polar surface area (TPSA) is 105 Å². The standard InChI is InChI=1S/C18H20N4O4/c1-12-10-16(21-26-12)20-17(24)11-22(3)18(25)9-6-14-4-7-15(8-5-14)19-13(2)23/h4-10H,11H2,1-3H3,(H,19,23)(H,20,21,24)/b9-6+. The van der Waals surface area contributed by atoms with Crippen molar-refractivity contribution in [3.8, 4) is 0 Å². The van der Waals surface area contributed by atoms with E-state index in [9.17, 15) is 14.4 Å². The Morgan fingerprint density at radius 1 is 1.19 bits per heavy atom. The van der Waals surface area contributed by atoms with Gasteiger partial charge in [0.05, 0.1) is 6.54 Å². The van der Waals surface area contributed by atoms with Crippen molar-refractivity contribution in [1.82, 2.24) is 10.1 Å².